The van der Waals surface area contributed by atoms with Crippen molar-refractivity contribution in [3.8, 4) is 22.7 Å². The SMILES string of the molecule is Cc1ccc(-c2cc(Cl)ccc2OCc2ccc(F)cc2)n1-c1ccc(Cl)c(C(=O)O)c1. The smallest absolute Gasteiger partial charge is 0.337 e. The molecule has 1 aromatic heterocycles. The van der Waals surface area contributed by atoms with Crippen LogP contribution in [0.3, 0.4) is 0 Å². The Morgan fingerprint density at radius 2 is 1.75 bits per heavy atom. The van der Waals surface area contributed by atoms with E-state index in [4.69, 9.17) is 27.9 Å². The molecule has 0 aliphatic heterocycles. The van der Waals surface area contributed by atoms with Crippen LogP contribution in [0, 0.1) is 12.7 Å². The summed E-state index contributed by atoms with van der Waals surface area (Å²) < 4.78 is 21.1. The van der Waals surface area contributed by atoms with Crippen molar-refractivity contribution >= 4 is 29.2 Å². The second-order valence-corrected chi connectivity index (χ2v) is 8.06. The van der Waals surface area contributed by atoms with E-state index in [1.165, 1.54) is 18.2 Å². The Kier molecular flexibility index (Phi) is 6.21. The molecule has 0 aliphatic rings. The van der Waals surface area contributed by atoms with Crippen molar-refractivity contribution in [2.75, 3.05) is 0 Å². The zero-order valence-corrected chi connectivity index (χ0v) is 18.5. The Bertz CT molecular complexity index is 1300. The van der Waals surface area contributed by atoms with Crippen LogP contribution in [0.5, 0.6) is 5.75 Å². The zero-order valence-electron chi connectivity index (χ0n) is 17.0. The number of nitrogens with zero attached hydrogens (tertiary/aromatic N) is 1. The predicted octanol–water partition coefficient (Wildman–Crippen LogP) is 7.18. The highest BCUT2D eigenvalue weighted by atomic mass is 35.5. The van der Waals surface area contributed by atoms with Crippen LogP contribution in [0.4, 0.5) is 4.39 Å². The lowest BCUT2D eigenvalue weighted by Crippen LogP contribution is -2.04. The van der Waals surface area contributed by atoms with E-state index in [1.807, 2.05) is 23.6 Å². The van der Waals surface area contributed by atoms with Gasteiger partial charge in [0.25, 0.3) is 0 Å². The topological polar surface area (TPSA) is 51.5 Å². The van der Waals surface area contributed by atoms with Gasteiger partial charge in [-0.25, -0.2) is 9.18 Å². The summed E-state index contributed by atoms with van der Waals surface area (Å²) in [6, 6.07) is 20.1. The van der Waals surface area contributed by atoms with Crippen LogP contribution in [0.2, 0.25) is 10.0 Å². The van der Waals surface area contributed by atoms with Crippen LogP contribution in [-0.2, 0) is 6.61 Å². The Balaban J connectivity index is 1.77. The van der Waals surface area contributed by atoms with Gasteiger partial charge in [0.1, 0.15) is 18.2 Å². The van der Waals surface area contributed by atoms with Crippen LogP contribution in [0.25, 0.3) is 16.9 Å². The van der Waals surface area contributed by atoms with Crippen molar-refractivity contribution in [1.82, 2.24) is 4.57 Å². The first-order valence-electron chi connectivity index (χ1n) is 9.72. The molecule has 4 aromatic rings. The van der Waals surface area contributed by atoms with Crippen molar-refractivity contribution in [2.45, 2.75) is 13.5 Å². The molecule has 0 saturated carbocycles. The van der Waals surface area contributed by atoms with Gasteiger partial charge in [0.2, 0.25) is 0 Å². The van der Waals surface area contributed by atoms with Crippen LogP contribution >= 0.6 is 23.2 Å². The third-order valence-corrected chi connectivity index (χ3v) is 5.60. The number of aromatic carboxylic acids is 1. The number of carboxylic acid groups (broad SMARTS) is 1. The van der Waals surface area contributed by atoms with Crippen molar-refractivity contribution in [2.24, 2.45) is 0 Å². The molecular weight excluding hydrogens is 452 g/mol. The Labute approximate surface area is 194 Å². The molecule has 0 amide bonds. The van der Waals surface area contributed by atoms with E-state index in [2.05, 4.69) is 0 Å². The molecule has 0 fully saturated rings. The number of halogens is 3. The van der Waals surface area contributed by atoms with E-state index in [0.29, 0.717) is 16.5 Å². The van der Waals surface area contributed by atoms with Crippen molar-refractivity contribution < 1.29 is 19.0 Å². The Morgan fingerprint density at radius 1 is 1.00 bits per heavy atom. The van der Waals surface area contributed by atoms with E-state index in [9.17, 15) is 14.3 Å². The van der Waals surface area contributed by atoms with Crippen LogP contribution < -0.4 is 4.74 Å². The summed E-state index contributed by atoms with van der Waals surface area (Å²) in [6.45, 7) is 2.17. The average Bonchev–Trinajstić information content (AvgIpc) is 3.15. The summed E-state index contributed by atoms with van der Waals surface area (Å²) in [5.74, 6) is -0.822. The third-order valence-electron chi connectivity index (χ3n) is 5.04. The van der Waals surface area contributed by atoms with E-state index >= 15 is 0 Å². The van der Waals surface area contributed by atoms with E-state index in [-0.39, 0.29) is 23.0 Å². The van der Waals surface area contributed by atoms with Gasteiger partial charge < -0.3 is 14.4 Å². The second-order valence-electron chi connectivity index (χ2n) is 7.22. The summed E-state index contributed by atoms with van der Waals surface area (Å²) in [7, 11) is 0. The zero-order chi connectivity index (χ0) is 22.8. The first-order chi connectivity index (χ1) is 15.3. The maximum atomic E-state index is 13.2. The highest BCUT2D eigenvalue weighted by molar-refractivity contribution is 6.33. The van der Waals surface area contributed by atoms with Gasteiger partial charge in [-0.1, -0.05) is 35.3 Å². The summed E-state index contributed by atoms with van der Waals surface area (Å²) in [5, 5.41) is 10.2. The van der Waals surface area contributed by atoms with Crippen molar-refractivity contribution in [3.63, 3.8) is 0 Å². The van der Waals surface area contributed by atoms with E-state index in [0.717, 1.165) is 22.5 Å². The number of hydrogen-bond donors (Lipinski definition) is 1. The molecule has 4 nitrogen and oxygen atoms in total. The number of carboxylic acids is 1. The minimum absolute atomic E-state index is 0.0158. The summed E-state index contributed by atoms with van der Waals surface area (Å²) >= 11 is 12.3. The molecule has 0 saturated heterocycles. The highest BCUT2D eigenvalue weighted by Crippen LogP contribution is 2.36. The maximum Gasteiger partial charge on any atom is 0.337 e. The van der Waals surface area contributed by atoms with Gasteiger partial charge in [-0.3, -0.25) is 0 Å². The minimum Gasteiger partial charge on any atom is -0.488 e. The standard InChI is InChI=1S/C25H18Cl2FNO3/c1-15-2-10-23(29(15)19-8-9-22(27)20(13-19)25(30)31)21-12-17(26)5-11-24(21)32-14-16-3-6-18(28)7-4-16/h2-13H,14H2,1H3,(H,30,31). The number of benzene rings is 3. The molecule has 32 heavy (non-hydrogen) atoms. The number of aromatic nitrogens is 1. The van der Waals surface area contributed by atoms with Crippen molar-refractivity contribution in [1.29, 1.82) is 0 Å². The highest BCUT2D eigenvalue weighted by Gasteiger charge is 2.17. The number of aryl methyl sites for hydroxylation is 1. The molecule has 0 atom stereocenters. The van der Waals surface area contributed by atoms with Crippen LogP contribution in [0.15, 0.2) is 72.8 Å². The largest absolute Gasteiger partial charge is 0.488 e. The molecule has 162 valence electrons. The summed E-state index contributed by atoms with van der Waals surface area (Å²) in [4.78, 5) is 11.6. The number of carbonyl (C=O) groups is 1. The van der Waals surface area contributed by atoms with Gasteiger partial charge in [-0.05, 0) is 73.2 Å². The fraction of sp³-hybridized carbons (Fsp3) is 0.0800. The Morgan fingerprint density at radius 3 is 2.47 bits per heavy atom. The molecule has 1 heterocycles. The summed E-state index contributed by atoms with van der Waals surface area (Å²) in [6.07, 6.45) is 0. The average molecular weight is 470 g/mol. The lowest BCUT2D eigenvalue weighted by atomic mass is 10.1. The second kappa shape index (κ2) is 9.07. The molecule has 0 radical (unpaired) electrons. The third kappa shape index (κ3) is 4.49. The van der Waals surface area contributed by atoms with Gasteiger partial charge >= 0.3 is 5.97 Å². The lowest BCUT2D eigenvalue weighted by Gasteiger charge is -2.17. The van der Waals surface area contributed by atoms with Gasteiger partial charge in [0.05, 0.1) is 16.3 Å². The predicted molar refractivity (Wildman–Crippen MR) is 124 cm³/mol. The molecule has 0 aliphatic carbocycles. The van der Waals surface area contributed by atoms with Gasteiger partial charge in [0, 0.05) is 22.0 Å². The van der Waals surface area contributed by atoms with Crippen molar-refractivity contribution in [3.05, 3.63) is 105 Å². The normalized spacial score (nSPS) is 10.9. The number of hydrogen-bond acceptors (Lipinski definition) is 2. The van der Waals surface area contributed by atoms with E-state index in [1.54, 1.807) is 42.5 Å². The van der Waals surface area contributed by atoms with Gasteiger partial charge in [0.15, 0.2) is 0 Å². The lowest BCUT2D eigenvalue weighted by molar-refractivity contribution is 0.0697. The number of ether oxygens (including phenoxy) is 1. The Hall–Kier alpha value is -3.28. The van der Waals surface area contributed by atoms with Gasteiger partial charge in [-0.15, -0.1) is 0 Å². The molecule has 7 heteroatoms. The first kappa shape index (κ1) is 21.9. The van der Waals surface area contributed by atoms with Gasteiger partial charge in [-0.2, -0.15) is 0 Å². The fourth-order valence-electron chi connectivity index (χ4n) is 3.48. The summed E-state index contributed by atoms with van der Waals surface area (Å²) in [5.41, 5.74) is 3.89. The van der Waals surface area contributed by atoms with Crippen LogP contribution in [0.1, 0.15) is 21.6 Å². The molecule has 4 rings (SSSR count). The molecular formula is C25H18Cl2FNO3. The molecule has 3 aromatic carbocycles. The molecule has 0 spiro atoms. The number of rotatable bonds is 6. The van der Waals surface area contributed by atoms with Crippen LogP contribution in [-0.4, -0.2) is 15.6 Å². The minimum atomic E-state index is -1.10. The first-order valence-corrected chi connectivity index (χ1v) is 10.5. The maximum absolute atomic E-state index is 13.2. The molecule has 0 unspecified atom stereocenters. The quantitative estimate of drug-likeness (QED) is 0.325. The molecule has 0 bridgehead atoms. The van der Waals surface area contributed by atoms with E-state index < -0.39 is 5.97 Å². The monoisotopic (exact) mass is 469 g/mol. The fourth-order valence-corrected chi connectivity index (χ4v) is 3.85. The molecule has 1 N–H and O–H groups in total.